The fraction of sp³-hybridized carbons (Fsp3) is 0.600. The summed E-state index contributed by atoms with van der Waals surface area (Å²) < 4.78 is 0. The minimum Gasteiger partial charge on any atom is -0.371 e. The van der Waals surface area contributed by atoms with Gasteiger partial charge in [-0.3, -0.25) is 0 Å². The van der Waals surface area contributed by atoms with Crippen molar-refractivity contribution in [3.8, 4) is 0 Å². The molecule has 0 unspecified atom stereocenters. The van der Waals surface area contributed by atoms with Crippen LogP contribution in [0.1, 0.15) is 31.7 Å². The van der Waals surface area contributed by atoms with Gasteiger partial charge in [-0.2, -0.15) is 0 Å². The van der Waals surface area contributed by atoms with Gasteiger partial charge in [0.15, 0.2) is 0 Å². The second-order valence-corrected chi connectivity index (χ2v) is 4.86. The molecule has 1 aliphatic rings. The quantitative estimate of drug-likeness (QED) is 0.862. The summed E-state index contributed by atoms with van der Waals surface area (Å²) in [4.78, 5) is 2.52. The molecule has 0 aliphatic carbocycles. The maximum Gasteiger partial charge on any atom is 0.0366 e. The van der Waals surface area contributed by atoms with Crippen molar-refractivity contribution < 1.29 is 0 Å². The predicted octanol–water partition coefficient (Wildman–Crippen LogP) is 2.83. The molecule has 1 aliphatic heterocycles. The molecule has 0 bridgehead atoms. The molecule has 94 valence electrons. The van der Waals surface area contributed by atoms with E-state index in [-0.39, 0.29) is 0 Å². The maximum atomic E-state index is 3.46. The number of benzene rings is 1. The van der Waals surface area contributed by atoms with Crippen LogP contribution in [0.2, 0.25) is 0 Å². The molecule has 0 aromatic heterocycles. The summed E-state index contributed by atoms with van der Waals surface area (Å²) in [7, 11) is 0. The third-order valence-corrected chi connectivity index (χ3v) is 3.40. The fourth-order valence-electron chi connectivity index (χ4n) is 2.45. The number of hydrogen-bond acceptors (Lipinski definition) is 2. The zero-order valence-electron chi connectivity index (χ0n) is 10.9. The minimum atomic E-state index is 1.16. The molecular weight excluding hydrogens is 208 g/mol. The van der Waals surface area contributed by atoms with Gasteiger partial charge in [0.25, 0.3) is 0 Å². The number of rotatable bonds is 3. The molecule has 2 nitrogen and oxygen atoms in total. The lowest BCUT2D eigenvalue weighted by atomic mass is 10.1. The Morgan fingerprint density at radius 2 is 1.71 bits per heavy atom. The number of nitrogens with one attached hydrogen (secondary N) is 1. The van der Waals surface area contributed by atoms with Crippen molar-refractivity contribution in [2.24, 2.45) is 0 Å². The third kappa shape index (κ3) is 3.74. The van der Waals surface area contributed by atoms with Crippen molar-refractivity contribution in [2.75, 3.05) is 31.1 Å². The molecule has 0 atom stereocenters. The van der Waals surface area contributed by atoms with E-state index in [1.54, 1.807) is 0 Å². The molecule has 2 rings (SSSR count). The second-order valence-electron chi connectivity index (χ2n) is 4.86. The summed E-state index contributed by atoms with van der Waals surface area (Å²) in [5, 5.41) is 3.46. The van der Waals surface area contributed by atoms with Gasteiger partial charge in [-0.1, -0.05) is 25.5 Å². The van der Waals surface area contributed by atoms with E-state index in [9.17, 15) is 0 Å². The average Bonchev–Trinajstić information content (AvgIpc) is 2.30. The first-order valence-electron chi connectivity index (χ1n) is 6.95. The van der Waals surface area contributed by atoms with E-state index in [0.29, 0.717) is 0 Å². The highest BCUT2D eigenvalue weighted by molar-refractivity contribution is 5.47. The summed E-state index contributed by atoms with van der Waals surface area (Å²) in [5.74, 6) is 0. The first-order valence-corrected chi connectivity index (χ1v) is 6.95. The van der Waals surface area contributed by atoms with Crippen molar-refractivity contribution in [1.82, 2.24) is 5.32 Å². The van der Waals surface area contributed by atoms with Gasteiger partial charge in [-0.15, -0.1) is 0 Å². The Labute approximate surface area is 105 Å². The van der Waals surface area contributed by atoms with Gasteiger partial charge in [0.2, 0.25) is 0 Å². The summed E-state index contributed by atoms with van der Waals surface area (Å²) in [6, 6.07) is 9.16. The molecule has 1 N–H and O–H groups in total. The summed E-state index contributed by atoms with van der Waals surface area (Å²) >= 11 is 0. The van der Waals surface area contributed by atoms with E-state index in [2.05, 4.69) is 41.4 Å². The molecule has 17 heavy (non-hydrogen) atoms. The summed E-state index contributed by atoms with van der Waals surface area (Å²) in [6.07, 6.45) is 4.92. The van der Waals surface area contributed by atoms with Gasteiger partial charge in [0, 0.05) is 18.8 Å². The van der Waals surface area contributed by atoms with Crippen molar-refractivity contribution in [1.29, 1.82) is 0 Å². The Balaban J connectivity index is 1.99. The van der Waals surface area contributed by atoms with Crippen LogP contribution in [-0.4, -0.2) is 26.2 Å². The van der Waals surface area contributed by atoms with Crippen LogP contribution in [0.4, 0.5) is 5.69 Å². The van der Waals surface area contributed by atoms with Crippen molar-refractivity contribution >= 4 is 5.69 Å². The Kier molecular flexibility index (Phi) is 4.87. The largest absolute Gasteiger partial charge is 0.371 e. The predicted molar refractivity (Wildman–Crippen MR) is 74.8 cm³/mol. The van der Waals surface area contributed by atoms with E-state index < -0.39 is 0 Å². The first kappa shape index (κ1) is 12.4. The van der Waals surface area contributed by atoms with Crippen LogP contribution in [0.5, 0.6) is 0 Å². The Bertz CT molecular complexity index is 310. The molecule has 2 heteroatoms. The molecule has 1 heterocycles. The average molecular weight is 232 g/mol. The van der Waals surface area contributed by atoms with Crippen LogP contribution in [0.15, 0.2) is 24.3 Å². The van der Waals surface area contributed by atoms with Crippen LogP contribution >= 0.6 is 0 Å². The van der Waals surface area contributed by atoms with Gasteiger partial charge < -0.3 is 10.2 Å². The highest BCUT2D eigenvalue weighted by Crippen LogP contribution is 2.17. The Hall–Kier alpha value is -1.02. The molecule has 1 saturated heterocycles. The molecule has 0 amide bonds. The van der Waals surface area contributed by atoms with Crippen LogP contribution in [0.25, 0.3) is 0 Å². The van der Waals surface area contributed by atoms with Gasteiger partial charge in [0.1, 0.15) is 0 Å². The van der Waals surface area contributed by atoms with Crippen LogP contribution in [0, 0.1) is 0 Å². The van der Waals surface area contributed by atoms with Crippen molar-refractivity contribution in [2.45, 2.75) is 32.6 Å². The van der Waals surface area contributed by atoms with Gasteiger partial charge >= 0.3 is 0 Å². The van der Waals surface area contributed by atoms with Gasteiger partial charge in [0.05, 0.1) is 0 Å². The molecule has 1 aromatic carbocycles. The van der Waals surface area contributed by atoms with E-state index in [0.717, 1.165) is 13.1 Å². The van der Waals surface area contributed by atoms with Gasteiger partial charge in [-0.25, -0.2) is 0 Å². The highest BCUT2D eigenvalue weighted by Gasteiger charge is 2.08. The number of aryl methyl sites for hydroxylation is 1. The van der Waals surface area contributed by atoms with Crippen LogP contribution in [-0.2, 0) is 6.42 Å². The SMILES string of the molecule is CCCc1ccc(N2CCCNCCC2)cc1. The molecule has 1 fully saturated rings. The van der Waals surface area contributed by atoms with Crippen molar-refractivity contribution in [3.63, 3.8) is 0 Å². The fourth-order valence-corrected chi connectivity index (χ4v) is 2.45. The van der Waals surface area contributed by atoms with E-state index in [4.69, 9.17) is 0 Å². The lowest BCUT2D eigenvalue weighted by molar-refractivity contribution is 0.567. The number of hydrogen-bond donors (Lipinski definition) is 1. The lowest BCUT2D eigenvalue weighted by Crippen LogP contribution is -2.33. The number of anilines is 1. The molecule has 0 radical (unpaired) electrons. The normalized spacial score (nSPS) is 17.6. The summed E-state index contributed by atoms with van der Waals surface area (Å²) in [6.45, 7) is 6.91. The van der Waals surface area contributed by atoms with Gasteiger partial charge in [-0.05, 0) is 50.0 Å². The van der Waals surface area contributed by atoms with Crippen LogP contribution in [0.3, 0.4) is 0 Å². The molecule has 0 saturated carbocycles. The number of nitrogens with zero attached hydrogens (tertiary/aromatic N) is 1. The maximum absolute atomic E-state index is 3.46. The van der Waals surface area contributed by atoms with E-state index >= 15 is 0 Å². The van der Waals surface area contributed by atoms with Crippen molar-refractivity contribution in [3.05, 3.63) is 29.8 Å². The van der Waals surface area contributed by atoms with Crippen LogP contribution < -0.4 is 10.2 Å². The first-order chi connectivity index (χ1) is 8.40. The minimum absolute atomic E-state index is 1.16. The smallest absolute Gasteiger partial charge is 0.0366 e. The summed E-state index contributed by atoms with van der Waals surface area (Å²) in [5.41, 5.74) is 2.86. The second kappa shape index (κ2) is 6.65. The topological polar surface area (TPSA) is 15.3 Å². The molecule has 1 aromatic rings. The zero-order valence-corrected chi connectivity index (χ0v) is 10.9. The monoisotopic (exact) mass is 232 g/mol. The van der Waals surface area contributed by atoms with E-state index in [1.165, 1.54) is 50.0 Å². The molecular formula is C15H24N2. The highest BCUT2D eigenvalue weighted by atomic mass is 15.1. The Morgan fingerprint density at radius 3 is 2.29 bits per heavy atom. The zero-order chi connectivity index (χ0) is 11.9. The molecule has 0 spiro atoms. The standard InChI is InChI=1S/C15H24N2/c1-2-5-14-6-8-15(9-7-14)17-12-3-10-16-11-4-13-17/h6-9,16H,2-5,10-13H2,1H3. The Morgan fingerprint density at radius 1 is 1.06 bits per heavy atom. The lowest BCUT2D eigenvalue weighted by Gasteiger charge is -2.27. The third-order valence-electron chi connectivity index (χ3n) is 3.40. The van der Waals surface area contributed by atoms with E-state index in [1.807, 2.05) is 0 Å².